The van der Waals surface area contributed by atoms with Crippen molar-refractivity contribution in [2.45, 2.75) is 52.1 Å². The Bertz CT molecular complexity index is 967. The molecule has 1 saturated heterocycles. The molecule has 2 aromatic carbocycles. The van der Waals surface area contributed by atoms with E-state index in [1.165, 1.54) is 6.92 Å². The summed E-state index contributed by atoms with van der Waals surface area (Å²) in [6, 6.07) is 14.8. The van der Waals surface area contributed by atoms with Gasteiger partial charge in [-0.2, -0.15) is 0 Å². The summed E-state index contributed by atoms with van der Waals surface area (Å²) < 4.78 is 0. The first-order chi connectivity index (χ1) is 15.3. The van der Waals surface area contributed by atoms with E-state index in [0.29, 0.717) is 32.4 Å². The van der Waals surface area contributed by atoms with E-state index in [1.807, 2.05) is 62.4 Å². The van der Waals surface area contributed by atoms with Crippen molar-refractivity contribution in [1.82, 2.24) is 15.5 Å². The number of amides is 4. The number of likely N-dealkylation sites (tertiary alicyclic amines) is 1. The van der Waals surface area contributed by atoms with Crippen LogP contribution in [0, 0.1) is 13.8 Å². The number of urea groups is 1. The maximum absolute atomic E-state index is 12.9. The monoisotopic (exact) mass is 436 g/mol. The Morgan fingerprint density at radius 2 is 1.66 bits per heavy atom. The van der Waals surface area contributed by atoms with Gasteiger partial charge in [-0.3, -0.25) is 9.59 Å². The fourth-order valence-corrected chi connectivity index (χ4v) is 3.98. The number of hydrogen-bond donors (Lipinski definition) is 3. The Morgan fingerprint density at radius 1 is 1.00 bits per heavy atom. The van der Waals surface area contributed by atoms with Crippen molar-refractivity contribution >= 4 is 23.5 Å². The van der Waals surface area contributed by atoms with Crippen LogP contribution >= 0.6 is 0 Å². The van der Waals surface area contributed by atoms with Crippen LogP contribution in [0.2, 0.25) is 0 Å². The van der Waals surface area contributed by atoms with E-state index in [4.69, 9.17) is 0 Å². The SMILES string of the molecule is CC(=O)N[C@@H](Cc1cccc(C)c1)C(=O)NC1CCN(C(=O)Nc2cccc(C)c2)CC1. The van der Waals surface area contributed by atoms with Crippen molar-refractivity contribution in [2.24, 2.45) is 0 Å². The molecule has 0 aromatic heterocycles. The molecule has 1 aliphatic rings. The van der Waals surface area contributed by atoms with Gasteiger partial charge in [0.15, 0.2) is 0 Å². The highest BCUT2D eigenvalue weighted by atomic mass is 16.2. The van der Waals surface area contributed by atoms with E-state index >= 15 is 0 Å². The van der Waals surface area contributed by atoms with Gasteiger partial charge in [0.05, 0.1) is 0 Å². The van der Waals surface area contributed by atoms with E-state index < -0.39 is 6.04 Å². The first-order valence-electron chi connectivity index (χ1n) is 11.1. The Hall–Kier alpha value is -3.35. The number of benzene rings is 2. The summed E-state index contributed by atoms with van der Waals surface area (Å²) in [5.41, 5.74) is 3.98. The van der Waals surface area contributed by atoms with Crippen LogP contribution in [0.15, 0.2) is 48.5 Å². The van der Waals surface area contributed by atoms with Gasteiger partial charge in [0, 0.05) is 38.2 Å². The zero-order valence-corrected chi connectivity index (χ0v) is 19.0. The summed E-state index contributed by atoms with van der Waals surface area (Å²) in [5.74, 6) is -0.426. The highest BCUT2D eigenvalue weighted by Gasteiger charge is 2.27. The molecular formula is C25H32N4O3. The van der Waals surface area contributed by atoms with Crippen LogP contribution in [-0.2, 0) is 16.0 Å². The summed E-state index contributed by atoms with van der Waals surface area (Å²) in [7, 11) is 0. The van der Waals surface area contributed by atoms with E-state index in [1.54, 1.807) is 4.90 Å². The minimum Gasteiger partial charge on any atom is -0.351 e. The third kappa shape index (κ3) is 6.83. The number of hydrogen-bond acceptors (Lipinski definition) is 3. The molecule has 0 bridgehead atoms. The van der Waals surface area contributed by atoms with Crippen LogP contribution in [0.1, 0.15) is 36.5 Å². The van der Waals surface area contributed by atoms with Crippen LogP contribution in [0.3, 0.4) is 0 Å². The molecule has 170 valence electrons. The van der Waals surface area contributed by atoms with Gasteiger partial charge in [-0.15, -0.1) is 0 Å². The maximum Gasteiger partial charge on any atom is 0.321 e. The van der Waals surface area contributed by atoms with E-state index in [-0.39, 0.29) is 23.9 Å². The number of piperidine rings is 1. The molecule has 1 heterocycles. The average molecular weight is 437 g/mol. The summed E-state index contributed by atoms with van der Waals surface area (Å²) in [6.07, 6.45) is 1.78. The van der Waals surface area contributed by atoms with Crippen molar-refractivity contribution < 1.29 is 14.4 Å². The van der Waals surface area contributed by atoms with Gasteiger partial charge < -0.3 is 20.9 Å². The second-order valence-corrected chi connectivity index (χ2v) is 8.52. The Kier molecular flexibility index (Phi) is 7.87. The minimum absolute atomic E-state index is 0.0284. The third-order valence-corrected chi connectivity index (χ3v) is 5.61. The van der Waals surface area contributed by atoms with Gasteiger partial charge in [-0.05, 0) is 49.9 Å². The molecular weight excluding hydrogens is 404 g/mol. The van der Waals surface area contributed by atoms with Gasteiger partial charge in [-0.1, -0.05) is 42.0 Å². The number of nitrogens with one attached hydrogen (secondary N) is 3. The quantitative estimate of drug-likeness (QED) is 0.650. The lowest BCUT2D eigenvalue weighted by Gasteiger charge is -2.33. The summed E-state index contributed by atoms with van der Waals surface area (Å²) >= 11 is 0. The number of aryl methyl sites for hydroxylation is 2. The van der Waals surface area contributed by atoms with Gasteiger partial charge >= 0.3 is 6.03 Å². The summed E-state index contributed by atoms with van der Waals surface area (Å²) in [5, 5.41) is 8.77. The van der Waals surface area contributed by atoms with Gasteiger partial charge in [0.2, 0.25) is 11.8 Å². The molecule has 1 fully saturated rings. The van der Waals surface area contributed by atoms with E-state index in [9.17, 15) is 14.4 Å². The number of rotatable bonds is 6. The normalized spacial score (nSPS) is 15.0. The lowest BCUT2D eigenvalue weighted by atomic mass is 10.0. The highest BCUT2D eigenvalue weighted by Crippen LogP contribution is 2.15. The van der Waals surface area contributed by atoms with Gasteiger partial charge in [0.1, 0.15) is 6.04 Å². The molecule has 0 unspecified atom stereocenters. The fraction of sp³-hybridized carbons (Fsp3) is 0.400. The van der Waals surface area contributed by atoms with Crippen LogP contribution < -0.4 is 16.0 Å². The molecule has 7 nitrogen and oxygen atoms in total. The summed E-state index contributed by atoms with van der Waals surface area (Å²) in [4.78, 5) is 38.9. The van der Waals surface area contributed by atoms with Crippen LogP contribution in [0.5, 0.6) is 0 Å². The number of anilines is 1. The van der Waals surface area contributed by atoms with Crippen molar-refractivity contribution in [3.8, 4) is 0 Å². The summed E-state index contributed by atoms with van der Waals surface area (Å²) in [6.45, 7) is 6.52. The van der Waals surface area contributed by atoms with Crippen molar-refractivity contribution in [3.63, 3.8) is 0 Å². The predicted octanol–water partition coefficient (Wildman–Crippen LogP) is 3.16. The topological polar surface area (TPSA) is 90.5 Å². The van der Waals surface area contributed by atoms with E-state index in [0.717, 1.165) is 22.4 Å². The van der Waals surface area contributed by atoms with Crippen LogP contribution in [0.4, 0.5) is 10.5 Å². The number of nitrogens with zero attached hydrogens (tertiary/aromatic N) is 1. The first kappa shape index (κ1) is 23.3. The zero-order chi connectivity index (χ0) is 23.1. The minimum atomic E-state index is -0.628. The molecule has 1 atom stereocenters. The Labute approximate surface area is 189 Å². The van der Waals surface area contributed by atoms with E-state index in [2.05, 4.69) is 16.0 Å². The molecule has 3 N–H and O–H groups in total. The molecule has 7 heteroatoms. The zero-order valence-electron chi connectivity index (χ0n) is 19.0. The van der Waals surface area contributed by atoms with Crippen molar-refractivity contribution in [1.29, 1.82) is 0 Å². The van der Waals surface area contributed by atoms with Crippen LogP contribution in [-0.4, -0.2) is 47.9 Å². The highest BCUT2D eigenvalue weighted by molar-refractivity contribution is 5.89. The molecule has 1 aliphatic heterocycles. The molecule has 3 rings (SSSR count). The smallest absolute Gasteiger partial charge is 0.321 e. The largest absolute Gasteiger partial charge is 0.351 e. The molecule has 0 aliphatic carbocycles. The Balaban J connectivity index is 1.52. The maximum atomic E-state index is 12.9. The molecule has 0 radical (unpaired) electrons. The number of carbonyl (C=O) groups excluding carboxylic acids is 3. The molecule has 0 saturated carbocycles. The number of carbonyl (C=O) groups is 3. The average Bonchev–Trinajstić information content (AvgIpc) is 2.73. The molecule has 0 spiro atoms. The van der Waals surface area contributed by atoms with Crippen LogP contribution in [0.25, 0.3) is 0 Å². The van der Waals surface area contributed by atoms with Gasteiger partial charge in [-0.25, -0.2) is 4.79 Å². The fourth-order valence-electron chi connectivity index (χ4n) is 3.98. The lowest BCUT2D eigenvalue weighted by molar-refractivity contribution is -0.128. The predicted molar refractivity (Wildman–Crippen MR) is 125 cm³/mol. The molecule has 2 aromatic rings. The second-order valence-electron chi connectivity index (χ2n) is 8.52. The second kappa shape index (κ2) is 10.8. The van der Waals surface area contributed by atoms with Crippen molar-refractivity contribution in [3.05, 3.63) is 65.2 Å². The molecule has 4 amide bonds. The third-order valence-electron chi connectivity index (χ3n) is 5.61. The molecule has 32 heavy (non-hydrogen) atoms. The standard InChI is InChI=1S/C25H32N4O3/c1-17-6-4-8-20(14-17)16-23(26-19(3)30)24(31)27-21-10-12-29(13-11-21)25(32)28-22-9-5-7-18(2)15-22/h4-9,14-15,21,23H,10-13,16H2,1-3H3,(H,26,30)(H,27,31)(H,28,32)/t23-/m0/s1. The first-order valence-corrected chi connectivity index (χ1v) is 11.1. The Morgan fingerprint density at radius 3 is 2.28 bits per heavy atom. The lowest BCUT2D eigenvalue weighted by Crippen LogP contribution is -2.53. The van der Waals surface area contributed by atoms with Gasteiger partial charge in [0.25, 0.3) is 0 Å². The van der Waals surface area contributed by atoms with Crippen molar-refractivity contribution in [2.75, 3.05) is 18.4 Å².